The lowest BCUT2D eigenvalue weighted by atomic mass is 9.62. The summed E-state index contributed by atoms with van der Waals surface area (Å²) in [5.74, 6) is 1.15. The van der Waals surface area contributed by atoms with Crippen molar-refractivity contribution in [1.29, 1.82) is 0 Å². The van der Waals surface area contributed by atoms with E-state index in [0.717, 1.165) is 80.0 Å². The van der Waals surface area contributed by atoms with Crippen LogP contribution >= 0.6 is 0 Å². The molecule has 1 aromatic carbocycles. The van der Waals surface area contributed by atoms with Crippen LogP contribution in [0.5, 0.6) is 0 Å². The zero-order valence-corrected chi connectivity index (χ0v) is 33.7. The van der Waals surface area contributed by atoms with Gasteiger partial charge in [-0.2, -0.15) is 0 Å². The van der Waals surface area contributed by atoms with Crippen molar-refractivity contribution in [2.24, 2.45) is 5.92 Å². The summed E-state index contributed by atoms with van der Waals surface area (Å²) < 4.78 is 9.52. The van der Waals surface area contributed by atoms with Crippen LogP contribution in [0.2, 0.25) is 0 Å². The number of hydrogen-bond acceptors (Lipinski definition) is 8. The van der Waals surface area contributed by atoms with Crippen molar-refractivity contribution in [1.82, 2.24) is 40.4 Å². The number of rotatable bonds is 12. The topological polar surface area (TPSA) is 175 Å². The fraction of sp³-hybridized carbons (Fsp3) is 0.571. The van der Waals surface area contributed by atoms with Crippen molar-refractivity contribution < 1.29 is 28.7 Å². The van der Waals surface area contributed by atoms with Gasteiger partial charge in [-0.05, 0) is 80.2 Å². The Balaban J connectivity index is 1.09. The Morgan fingerprint density at radius 1 is 0.839 bits per heavy atom. The molecule has 2 aromatic heterocycles. The van der Waals surface area contributed by atoms with Gasteiger partial charge in [0.15, 0.2) is 0 Å². The van der Waals surface area contributed by atoms with Crippen LogP contribution in [0.3, 0.4) is 0 Å². The number of nitrogens with one attached hydrogen (secondary N) is 4. The smallest absolute Gasteiger partial charge is 0.407 e. The number of alkyl carbamates (subject to hydrolysis) is 2. The number of aromatic amines is 2. The first-order valence-electron chi connectivity index (χ1n) is 19.9. The van der Waals surface area contributed by atoms with Crippen molar-refractivity contribution in [2.75, 3.05) is 27.3 Å². The molecular formula is C42H58N8O6. The Bertz CT molecular complexity index is 1880. The molecule has 14 heteroatoms. The van der Waals surface area contributed by atoms with Crippen LogP contribution in [0.25, 0.3) is 11.3 Å². The third-order valence-corrected chi connectivity index (χ3v) is 12.5. The zero-order valence-electron chi connectivity index (χ0n) is 33.7. The average Bonchev–Trinajstić information content (AvgIpc) is 4.04. The second-order valence-electron chi connectivity index (χ2n) is 16.5. The Morgan fingerprint density at radius 3 is 1.98 bits per heavy atom. The SMILES string of the molecule is C=CC[C@H](NC(=O)OC)C(=O)N1CCC[C@H]1c1ncc(C2(C)CCC(C)(c3ccc(-c4cnc([C@@H]5CCCN5C(=O)[C@@H](NC(=O)OC)C(C)C)[nH]4)cc3)CC2)[nH]1. The van der Waals surface area contributed by atoms with Gasteiger partial charge in [0.1, 0.15) is 23.7 Å². The minimum Gasteiger partial charge on any atom is -0.453 e. The van der Waals surface area contributed by atoms with Crippen LogP contribution in [0.1, 0.15) is 120 Å². The minimum absolute atomic E-state index is 0.0113. The third-order valence-electron chi connectivity index (χ3n) is 12.5. The van der Waals surface area contributed by atoms with Gasteiger partial charge < -0.3 is 39.9 Å². The Morgan fingerprint density at radius 2 is 1.39 bits per heavy atom. The lowest BCUT2D eigenvalue weighted by Gasteiger charge is -2.43. The van der Waals surface area contributed by atoms with Gasteiger partial charge in [0, 0.05) is 30.4 Å². The largest absolute Gasteiger partial charge is 0.453 e. The molecule has 1 saturated carbocycles. The highest BCUT2D eigenvalue weighted by molar-refractivity contribution is 5.87. The Labute approximate surface area is 329 Å². The van der Waals surface area contributed by atoms with Crippen molar-refractivity contribution in [2.45, 2.75) is 120 Å². The van der Waals surface area contributed by atoms with Gasteiger partial charge in [0.2, 0.25) is 11.8 Å². The van der Waals surface area contributed by atoms with E-state index in [1.165, 1.54) is 19.8 Å². The van der Waals surface area contributed by atoms with E-state index in [4.69, 9.17) is 19.4 Å². The molecule has 1 aliphatic carbocycles. The maximum absolute atomic E-state index is 13.6. The highest BCUT2D eigenvalue weighted by atomic mass is 16.5. The molecule has 0 bridgehead atoms. The number of hydrogen-bond donors (Lipinski definition) is 4. The number of carbonyl (C=O) groups excluding carboxylic acids is 4. The van der Waals surface area contributed by atoms with Crippen molar-refractivity contribution in [3.8, 4) is 11.3 Å². The monoisotopic (exact) mass is 770 g/mol. The second kappa shape index (κ2) is 16.9. The van der Waals surface area contributed by atoms with Gasteiger partial charge in [-0.3, -0.25) is 9.59 Å². The standard InChI is InChI=1S/C42H58N8O6/c1-8-11-29(46-39(53)55-6)37(51)49-22-9-13-32(49)36-44-25-33(47-36)42(5)20-18-41(4,19-21-42)28-16-14-27(15-17-28)30-24-43-35(45-30)31-12-10-23-50(31)38(52)34(26(2)3)48-40(54)56-7/h8,14-17,24-26,29,31-32,34H,1,9-13,18-23H2,2-7H3,(H,43,45)(H,44,47)(H,46,53)(H,48,54)/t29-,31-,32-,34-,41?,42?/m0/s1. The number of amides is 4. The summed E-state index contributed by atoms with van der Waals surface area (Å²) in [6, 6.07) is 6.95. The predicted molar refractivity (Wildman–Crippen MR) is 211 cm³/mol. The highest BCUT2D eigenvalue weighted by Crippen LogP contribution is 2.48. The summed E-state index contributed by atoms with van der Waals surface area (Å²) in [4.78, 5) is 71.3. The van der Waals surface area contributed by atoms with E-state index in [-0.39, 0.29) is 40.6 Å². The fourth-order valence-electron chi connectivity index (χ4n) is 8.73. The molecule has 3 aliphatic rings. The molecule has 4 heterocycles. The van der Waals surface area contributed by atoms with E-state index in [0.29, 0.717) is 19.5 Å². The Hall–Kier alpha value is -5.14. The molecule has 2 saturated heterocycles. The first-order chi connectivity index (χ1) is 26.8. The van der Waals surface area contributed by atoms with Crippen molar-refractivity contribution in [3.63, 3.8) is 0 Å². The van der Waals surface area contributed by atoms with Gasteiger partial charge in [-0.1, -0.05) is 58.0 Å². The van der Waals surface area contributed by atoms with E-state index in [1.54, 1.807) is 6.08 Å². The van der Waals surface area contributed by atoms with Crippen LogP contribution in [-0.4, -0.2) is 93.1 Å². The first kappa shape index (κ1) is 40.5. The van der Waals surface area contributed by atoms with Gasteiger partial charge in [0.05, 0.1) is 38.2 Å². The molecule has 56 heavy (non-hydrogen) atoms. The second-order valence-corrected chi connectivity index (χ2v) is 16.5. The molecule has 4 N–H and O–H groups in total. The lowest BCUT2D eigenvalue weighted by Crippen LogP contribution is -2.51. The average molecular weight is 771 g/mol. The third kappa shape index (κ3) is 8.34. The first-order valence-corrected chi connectivity index (χ1v) is 19.9. The maximum atomic E-state index is 13.6. The van der Waals surface area contributed by atoms with E-state index in [1.807, 2.05) is 36.0 Å². The number of aromatic nitrogens is 4. The number of methoxy groups -OCH3 is 2. The van der Waals surface area contributed by atoms with E-state index >= 15 is 0 Å². The van der Waals surface area contributed by atoms with Gasteiger partial charge >= 0.3 is 12.2 Å². The number of carbonyl (C=O) groups is 4. The molecule has 0 spiro atoms. The normalized spacial score (nSPS) is 24.8. The molecule has 2 aliphatic heterocycles. The van der Waals surface area contributed by atoms with Crippen LogP contribution in [-0.2, 0) is 29.9 Å². The quantitative estimate of drug-likeness (QED) is 0.149. The summed E-state index contributed by atoms with van der Waals surface area (Å²) in [7, 11) is 2.58. The van der Waals surface area contributed by atoms with Gasteiger partial charge in [-0.15, -0.1) is 6.58 Å². The van der Waals surface area contributed by atoms with E-state index in [9.17, 15) is 19.2 Å². The maximum Gasteiger partial charge on any atom is 0.407 e. The van der Waals surface area contributed by atoms with Gasteiger partial charge in [-0.25, -0.2) is 19.6 Å². The van der Waals surface area contributed by atoms with Crippen molar-refractivity contribution in [3.05, 3.63) is 72.2 Å². The molecule has 3 fully saturated rings. The molecular weight excluding hydrogens is 713 g/mol. The number of ether oxygens (including phenoxy) is 2. The number of imidazole rings is 2. The van der Waals surface area contributed by atoms with Crippen LogP contribution < -0.4 is 10.6 Å². The molecule has 4 atom stereocenters. The van der Waals surface area contributed by atoms with Crippen LogP contribution in [0, 0.1) is 5.92 Å². The number of benzene rings is 1. The summed E-state index contributed by atoms with van der Waals surface area (Å²) >= 11 is 0. The lowest BCUT2D eigenvalue weighted by molar-refractivity contribution is -0.135. The fourth-order valence-corrected chi connectivity index (χ4v) is 8.73. The number of H-pyrrole nitrogens is 2. The molecule has 0 unspecified atom stereocenters. The number of likely N-dealkylation sites (tertiary alicyclic amines) is 2. The molecule has 302 valence electrons. The van der Waals surface area contributed by atoms with Crippen LogP contribution in [0.4, 0.5) is 9.59 Å². The number of nitrogens with zero attached hydrogens (tertiary/aromatic N) is 4. The van der Waals surface area contributed by atoms with Crippen molar-refractivity contribution >= 4 is 24.0 Å². The molecule has 0 radical (unpaired) electrons. The molecule has 6 rings (SSSR count). The minimum atomic E-state index is -0.739. The van der Waals surface area contributed by atoms with E-state index < -0.39 is 24.3 Å². The summed E-state index contributed by atoms with van der Waals surface area (Å²) in [6.07, 6.45) is 11.8. The van der Waals surface area contributed by atoms with E-state index in [2.05, 4.69) is 65.3 Å². The molecule has 4 amide bonds. The Kier molecular flexibility index (Phi) is 12.2. The summed E-state index contributed by atoms with van der Waals surface area (Å²) in [6.45, 7) is 13.4. The predicted octanol–water partition coefficient (Wildman–Crippen LogP) is 6.60. The zero-order chi connectivity index (χ0) is 40.2. The highest BCUT2D eigenvalue weighted by Gasteiger charge is 2.42. The summed E-state index contributed by atoms with van der Waals surface area (Å²) in [5.41, 5.74) is 4.25. The summed E-state index contributed by atoms with van der Waals surface area (Å²) in [5, 5.41) is 5.36. The molecule has 3 aromatic rings. The van der Waals surface area contributed by atoms with Gasteiger partial charge in [0.25, 0.3) is 0 Å². The molecule has 14 nitrogen and oxygen atoms in total. The van der Waals surface area contributed by atoms with Crippen LogP contribution in [0.15, 0.2) is 49.3 Å².